The molecule has 0 saturated heterocycles. The standard InChI is InChI=1S/C23H27NO9S/c1-23(2,3)33-22(27)24(34(5,28)29)18-13-17(11-12-19(18)30-4)21(26)32-15-20(25)31-14-16-9-7-6-8-10-16/h6-13H,14-15H2,1-5H3. The first-order valence-corrected chi connectivity index (χ1v) is 11.9. The van der Waals surface area contributed by atoms with Crippen LogP contribution in [-0.2, 0) is 35.6 Å². The zero-order valence-electron chi connectivity index (χ0n) is 19.6. The van der Waals surface area contributed by atoms with Crippen LogP contribution in [0, 0.1) is 0 Å². The van der Waals surface area contributed by atoms with E-state index in [4.69, 9.17) is 18.9 Å². The maximum Gasteiger partial charge on any atom is 0.429 e. The van der Waals surface area contributed by atoms with Gasteiger partial charge in [0.05, 0.1) is 18.9 Å². The molecule has 11 heteroatoms. The highest BCUT2D eigenvalue weighted by molar-refractivity contribution is 7.92. The van der Waals surface area contributed by atoms with Crippen LogP contribution in [0.25, 0.3) is 0 Å². The molecule has 0 unspecified atom stereocenters. The Morgan fingerprint density at radius 1 is 0.971 bits per heavy atom. The summed E-state index contributed by atoms with van der Waals surface area (Å²) < 4.78 is 45.6. The van der Waals surface area contributed by atoms with Crippen LogP contribution in [0.1, 0.15) is 36.7 Å². The first-order valence-electron chi connectivity index (χ1n) is 10.1. The van der Waals surface area contributed by atoms with Crippen molar-refractivity contribution in [2.75, 3.05) is 24.3 Å². The average Bonchev–Trinajstić information content (AvgIpc) is 2.74. The second-order valence-electron chi connectivity index (χ2n) is 8.12. The van der Waals surface area contributed by atoms with Gasteiger partial charge in [0.2, 0.25) is 10.0 Å². The number of nitrogens with zero attached hydrogens (tertiary/aromatic N) is 1. The predicted molar refractivity (Wildman–Crippen MR) is 123 cm³/mol. The maximum absolute atomic E-state index is 12.7. The van der Waals surface area contributed by atoms with E-state index in [1.807, 2.05) is 6.07 Å². The molecule has 0 atom stereocenters. The van der Waals surface area contributed by atoms with Gasteiger partial charge in [0.15, 0.2) is 6.61 Å². The van der Waals surface area contributed by atoms with Gasteiger partial charge in [0.1, 0.15) is 23.6 Å². The van der Waals surface area contributed by atoms with Crippen LogP contribution in [0.5, 0.6) is 5.75 Å². The highest BCUT2D eigenvalue weighted by atomic mass is 32.2. The van der Waals surface area contributed by atoms with Crippen LogP contribution < -0.4 is 9.04 Å². The van der Waals surface area contributed by atoms with Crippen molar-refractivity contribution in [2.45, 2.75) is 33.0 Å². The van der Waals surface area contributed by atoms with Gasteiger partial charge in [-0.1, -0.05) is 30.3 Å². The fourth-order valence-electron chi connectivity index (χ4n) is 2.68. The molecule has 184 valence electrons. The Labute approximate surface area is 198 Å². The van der Waals surface area contributed by atoms with Crippen LogP contribution in [0.4, 0.5) is 10.5 Å². The lowest BCUT2D eigenvalue weighted by Crippen LogP contribution is -2.40. The smallest absolute Gasteiger partial charge is 0.429 e. The molecule has 0 aliphatic carbocycles. The lowest BCUT2D eigenvalue weighted by Gasteiger charge is -2.27. The van der Waals surface area contributed by atoms with Crippen LogP contribution in [0.15, 0.2) is 48.5 Å². The summed E-state index contributed by atoms with van der Waals surface area (Å²) >= 11 is 0. The summed E-state index contributed by atoms with van der Waals surface area (Å²) in [7, 11) is -2.90. The first-order chi connectivity index (χ1) is 15.8. The summed E-state index contributed by atoms with van der Waals surface area (Å²) in [6.45, 7) is 4.09. The fraction of sp³-hybridized carbons (Fsp3) is 0.348. The summed E-state index contributed by atoms with van der Waals surface area (Å²) in [4.78, 5) is 37.1. The van der Waals surface area contributed by atoms with Gasteiger partial charge in [0.25, 0.3) is 0 Å². The minimum absolute atomic E-state index is 0.00453. The number of esters is 2. The molecule has 0 fully saturated rings. The molecule has 0 aromatic heterocycles. The van der Waals surface area contributed by atoms with E-state index in [2.05, 4.69) is 0 Å². The summed E-state index contributed by atoms with van der Waals surface area (Å²) in [5.41, 5.74) is -0.585. The summed E-state index contributed by atoms with van der Waals surface area (Å²) in [6, 6.07) is 12.7. The third kappa shape index (κ3) is 7.77. The Kier molecular flexibility index (Phi) is 8.63. The monoisotopic (exact) mass is 493 g/mol. The van der Waals surface area contributed by atoms with E-state index in [1.165, 1.54) is 19.2 Å². The summed E-state index contributed by atoms with van der Waals surface area (Å²) in [6.07, 6.45) is -0.368. The second-order valence-corrected chi connectivity index (χ2v) is 9.95. The molecule has 0 N–H and O–H groups in total. The molecule has 0 radical (unpaired) electrons. The number of sulfonamides is 1. The number of amides is 1. The molecule has 2 aromatic rings. The second kappa shape index (κ2) is 11.0. The molecule has 0 bridgehead atoms. The van der Waals surface area contributed by atoms with E-state index in [-0.39, 0.29) is 23.6 Å². The van der Waals surface area contributed by atoms with E-state index in [9.17, 15) is 22.8 Å². The van der Waals surface area contributed by atoms with Crippen LogP contribution in [0.2, 0.25) is 0 Å². The Hall–Kier alpha value is -3.60. The van der Waals surface area contributed by atoms with Crippen molar-refractivity contribution in [1.82, 2.24) is 0 Å². The maximum atomic E-state index is 12.7. The molecule has 10 nitrogen and oxygen atoms in total. The van der Waals surface area contributed by atoms with Crippen molar-refractivity contribution in [3.05, 3.63) is 59.7 Å². The SMILES string of the molecule is COc1ccc(C(=O)OCC(=O)OCc2ccccc2)cc1N(C(=O)OC(C)(C)C)S(C)(=O)=O. The molecule has 1 amide bonds. The highest BCUT2D eigenvalue weighted by Gasteiger charge is 2.33. The highest BCUT2D eigenvalue weighted by Crippen LogP contribution is 2.32. The molecule has 0 saturated carbocycles. The normalized spacial score (nSPS) is 11.3. The van der Waals surface area contributed by atoms with Crippen molar-refractivity contribution < 1.29 is 41.7 Å². The molecule has 0 spiro atoms. The molecule has 0 aliphatic heterocycles. The molecular formula is C23H27NO9S. The molecule has 2 aromatic carbocycles. The van der Waals surface area contributed by atoms with Crippen LogP contribution >= 0.6 is 0 Å². The Morgan fingerprint density at radius 2 is 1.62 bits per heavy atom. The minimum Gasteiger partial charge on any atom is -0.495 e. The van der Waals surface area contributed by atoms with Crippen LogP contribution in [-0.4, -0.2) is 52.0 Å². The van der Waals surface area contributed by atoms with Gasteiger partial charge in [-0.05, 0) is 44.5 Å². The average molecular weight is 494 g/mol. The van der Waals surface area contributed by atoms with Crippen molar-refractivity contribution >= 4 is 33.7 Å². The zero-order chi connectivity index (χ0) is 25.5. The number of ether oxygens (including phenoxy) is 4. The molecule has 2 rings (SSSR count). The number of carbonyl (C=O) groups excluding carboxylic acids is 3. The lowest BCUT2D eigenvalue weighted by molar-refractivity contribution is -0.148. The van der Waals surface area contributed by atoms with E-state index in [1.54, 1.807) is 45.0 Å². The number of methoxy groups -OCH3 is 1. The van der Waals surface area contributed by atoms with Crippen molar-refractivity contribution in [3.63, 3.8) is 0 Å². The van der Waals surface area contributed by atoms with Gasteiger partial charge < -0.3 is 18.9 Å². The fourth-order valence-corrected chi connectivity index (χ4v) is 3.49. The Bertz CT molecular complexity index is 1140. The first kappa shape index (κ1) is 26.7. The van der Waals surface area contributed by atoms with E-state index < -0.39 is 40.3 Å². The van der Waals surface area contributed by atoms with Gasteiger partial charge >= 0.3 is 18.0 Å². The van der Waals surface area contributed by atoms with Crippen molar-refractivity contribution in [1.29, 1.82) is 0 Å². The van der Waals surface area contributed by atoms with E-state index in [0.29, 0.717) is 4.31 Å². The number of carbonyl (C=O) groups is 3. The van der Waals surface area contributed by atoms with Crippen molar-refractivity contribution in [2.24, 2.45) is 0 Å². The largest absolute Gasteiger partial charge is 0.495 e. The van der Waals surface area contributed by atoms with Gasteiger partial charge in [0, 0.05) is 0 Å². The van der Waals surface area contributed by atoms with Gasteiger partial charge in [-0.25, -0.2) is 22.8 Å². The number of anilines is 1. The van der Waals surface area contributed by atoms with Gasteiger partial charge in [-0.15, -0.1) is 0 Å². The zero-order valence-corrected chi connectivity index (χ0v) is 20.4. The van der Waals surface area contributed by atoms with E-state index in [0.717, 1.165) is 17.9 Å². The topological polar surface area (TPSA) is 126 Å². The Morgan fingerprint density at radius 3 is 2.18 bits per heavy atom. The predicted octanol–water partition coefficient (Wildman–Crippen LogP) is 3.30. The number of hydrogen-bond acceptors (Lipinski definition) is 9. The summed E-state index contributed by atoms with van der Waals surface area (Å²) in [5, 5.41) is 0. The lowest BCUT2D eigenvalue weighted by atomic mass is 10.2. The quantitative estimate of drug-likeness (QED) is 0.402. The summed E-state index contributed by atoms with van der Waals surface area (Å²) in [5.74, 6) is -1.70. The van der Waals surface area contributed by atoms with Gasteiger partial charge in [-0.2, -0.15) is 4.31 Å². The Balaban J connectivity index is 2.19. The molecule has 34 heavy (non-hydrogen) atoms. The molecular weight excluding hydrogens is 466 g/mol. The van der Waals surface area contributed by atoms with E-state index >= 15 is 0 Å². The number of hydrogen-bond donors (Lipinski definition) is 0. The number of rotatable bonds is 8. The van der Waals surface area contributed by atoms with Gasteiger partial charge in [-0.3, -0.25) is 0 Å². The third-order valence-corrected chi connectivity index (χ3v) is 5.10. The third-order valence-electron chi connectivity index (χ3n) is 4.09. The van der Waals surface area contributed by atoms with Crippen molar-refractivity contribution in [3.8, 4) is 5.75 Å². The number of benzene rings is 2. The minimum atomic E-state index is -4.17. The molecule has 0 aliphatic rings. The van der Waals surface area contributed by atoms with Crippen LogP contribution in [0.3, 0.4) is 0 Å². The molecule has 0 heterocycles.